The van der Waals surface area contributed by atoms with Crippen LogP contribution in [-0.4, -0.2) is 4.98 Å². The standard InChI is InChI=1S/C12H12ClNO/c1-8-3-9(2)5-10(4-8)11-7-14-12(6-13)15-11/h3-5,7H,6H2,1-2H3. The first kappa shape index (κ1) is 10.2. The number of aromatic nitrogens is 1. The van der Waals surface area contributed by atoms with Crippen LogP contribution in [0.5, 0.6) is 0 Å². The minimum Gasteiger partial charge on any atom is -0.439 e. The zero-order valence-corrected chi connectivity index (χ0v) is 9.51. The number of benzene rings is 1. The van der Waals surface area contributed by atoms with E-state index in [-0.39, 0.29) is 0 Å². The van der Waals surface area contributed by atoms with Crippen LogP contribution in [0.2, 0.25) is 0 Å². The van der Waals surface area contributed by atoms with Crippen molar-refractivity contribution in [2.75, 3.05) is 0 Å². The van der Waals surface area contributed by atoms with Crippen LogP contribution in [-0.2, 0) is 5.88 Å². The molecule has 0 unspecified atom stereocenters. The monoisotopic (exact) mass is 221 g/mol. The van der Waals surface area contributed by atoms with Gasteiger partial charge in [0.15, 0.2) is 5.76 Å². The highest BCUT2D eigenvalue weighted by molar-refractivity contribution is 6.16. The van der Waals surface area contributed by atoms with Gasteiger partial charge in [-0.1, -0.05) is 17.2 Å². The molecule has 2 nitrogen and oxygen atoms in total. The molecule has 1 aromatic carbocycles. The Kier molecular flexibility index (Phi) is 2.78. The summed E-state index contributed by atoms with van der Waals surface area (Å²) >= 11 is 5.63. The zero-order valence-electron chi connectivity index (χ0n) is 8.75. The highest BCUT2D eigenvalue weighted by Gasteiger charge is 2.06. The molecule has 0 saturated heterocycles. The van der Waals surface area contributed by atoms with Crippen molar-refractivity contribution in [1.82, 2.24) is 4.98 Å². The molecule has 1 aromatic heterocycles. The lowest BCUT2D eigenvalue weighted by atomic mass is 10.1. The molecule has 0 atom stereocenters. The molecule has 0 aliphatic carbocycles. The first-order valence-electron chi connectivity index (χ1n) is 4.78. The second-order valence-electron chi connectivity index (χ2n) is 3.63. The fourth-order valence-electron chi connectivity index (χ4n) is 1.62. The van der Waals surface area contributed by atoms with E-state index in [4.69, 9.17) is 16.0 Å². The Morgan fingerprint density at radius 1 is 1.20 bits per heavy atom. The molecule has 0 radical (unpaired) electrons. The summed E-state index contributed by atoms with van der Waals surface area (Å²) in [5, 5.41) is 0. The third kappa shape index (κ3) is 2.21. The quantitative estimate of drug-likeness (QED) is 0.723. The maximum Gasteiger partial charge on any atom is 0.209 e. The third-order valence-corrected chi connectivity index (χ3v) is 2.40. The van der Waals surface area contributed by atoms with Gasteiger partial charge in [0.25, 0.3) is 0 Å². The van der Waals surface area contributed by atoms with Gasteiger partial charge in [-0.3, -0.25) is 0 Å². The van der Waals surface area contributed by atoms with E-state index >= 15 is 0 Å². The van der Waals surface area contributed by atoms with Crippen LogP contribution in [0.3, 0.4) is 0 Å². The van der Waals surface area contributed by atoms with Gasteiger partial charge in [0.05, 0.1) is 12.1 Å². The van der Waals surface area contributed by atoms with E-state index in [0.717, 1.165) is 11.3 Å². The fourth-order valence-corrected chi connectivity index (χ4v) is 1.75. The van der Waals surface area contributed by atoms with Crippen molar-refractivity contribution in [1.29, 1.82) is 0 Å². The summed E-state index contributed by atoms with van der Waals surface area (Å²) in [4.78, 5) is 4.07. The van der Waals surface area contributed by atoms with Gasteiger partial charge < -0.3 is 4.42 Å². The lowest BCUT2D eigenvalue weighted by Crippen LogP contribution is -1.80. The number of nitrogens with zero attached hydrogens (tertiary/aromatic N) is 1. The van der Waals surface area contributed by atoms with Crippen LogP contribution < -0.4 is 0 Å². The molecule has 0 bridgehead atoms. The first-order chi connectivity index (χ1) is 7.19. The fraction of sp³-hybridized carbons (Fsp3) is 0.250. The highest BCUT2D eigenvalue weighted by atomic mass is 35.5. The molecular formula is C12H12ClNO. The average molecular weight is 222 g/mol. The molecule has 0 saturated carbocycles. The van der Waals surface area contributed by atoms with E-state index in [1.807, 2.05) is 0 Å². The molecule has 0 N–H and O–H groups in total. The number of aryl methyl sites for hydroxylation is 2. The molecule has 0 fully saturated rings. The van der Waals surface area contributed by atoms with Gasteiger partial charge >= 0.3 is 0 Å². The van der Waals surface area contributed by atoms with Gasteiger partial charge in [0.2, 0.25) is 5.89 Å². The van der Waals surface area contributed by atoms with Gasteiger partial charge in [-0.05, 0) is 26.0 Å². The molecule has 2 aromatic rings. The van der Waals surface area contributed by atoms with Crippen molar-refractivity contribution in [3.8, 4) is 11.3 Å². The van der Waals surface area contributed by atoms with E-state index in [2.05, 4.69) is 37.0 Å². The molecule has 0 amide bonds. The summed E-state index contributed by atoms with van der Waals surface area (Å²) in [6.45, 7) is 4.13. The van der Waals surface area contributed by atoms with Crippen molar-refractivity contribution in [3.05, 3.63) is 41.4 Å². The van der Waals surface area contributed by atoms with Crippen LogP contribution in [0.25, 0.3) is 11.3 Å². The summed E-state index contributed by atoms with van der Waals surface area (Å²) in [6.07, 6.45) is 1.71. The minimum atomic E-state index is 0.310. The van der Waals surface area contributed by atoms with Crippen molar-refractivity contribution in [2.24, 2.45) is 0 Å². The van der Waals surface area contributed by atoms with Crippen molar-refractivity contribution >= 4 is 11.6 Å². The van der Waals surface area contributed by atoms with Gasteiger partial charge in [-0.2, -0.15) is 0 Å². The largest absolute Gasteiger partial charge is 0.439 e. The van der Waals surface area contributed by atoms with Gasteiger partial charge in [-0.25, -0.2) is 4.98 Å². The molecule has 3 heteroatoms. The molecule has 0 aliphatic heterocycles. The van der Waals surface area contributed by atoms with Gasteiger partial charge in [0, 0.05) is 5.56 Å². The first-order valence-corrected chi connectivity index (χ1v) is 5.32. The Balaban J connectivity index is 2.44. The van der Waals surface area contributed by atoms with Crippen LogP contribution >= 0.6 is 11.6 Å². The number of oxazole rings is 1. The normalized spacial score (nSPS) is 10.6. The minimum absolute atomic E-state index is 0.310. The van der Waals surface area contributed by atoms with E-state index in [0.29, 0.717) is 11.8 Å². The summed E-state index contributed by atoms with van der Waals surface area (Å²) < 4.78 is 5.49. The Hall–Kier alpha value is -1.28. The van der Waals surface area contributed by atoms with Crippen LogP contribution in [0, 0.1) is 13.8 Å². The summed E-state index contributed by atoms with van der Waals surface area (Å²) in [7, 11) is 0. The average Bonchev–Trinajstić information content (AvgIpc) is 2.64. The molecule has 15 heavy (non-hydrogen) atoms. The smallest absolute Gasteiger partial charge is 0.209 e. The van der Waals surface area contributed by atoms with E-state index in [1.54, 1.807) is 6.20 Å². The summed E-state index contributed by atoms with van der Waals surface area (Å²) in [6, 6.07) is 6.28. The predicted molar refractivity (Wildman–Crippen MR) is 61.0 cm³/mol. The highest BCUT2D eigenvalue weighted by Crippen LogP contribution is 2.23. The van der Waals surface area contributed by atoms with Crippen LogP contribution in [0.4, 0.5) is 0 Å². The van der Waals surface area contributed by atoms with E-state index < -0.39 is 0 Å². The number of hydrogen-bond acceptors (Lipinski definition) is 2. The van der Waals surface area contributed by atoms with Crippen molar-refractivity contribution in [2.45, 2.75) is 19.7 Å². The van der Waals surface area contributed by atoms with Crippen LogP contribution in [0.15, 0.2) is 28.8 Å². The van der Waals surface area contributed by atoms with Gasteiger partial charge in [-0.15, -0.1) is 11.6 Å². The number of hydrogen-bond donors (Lipinski definition) is 0. The predicted octanol–water partition coefficient (Wildman–Crippen LogP) is 3.70. The van der Waals surface area contributed by atoms with Crippen molar-refractivity contribution < 1.29 is 4.42 Å². The second kappa shape index (κ2) is 4.07. The van der Waals surface area contributed by atoms with Gasteiger partial charge in [0.1, 0.15) is 0 Å². The number of rotatable bonds is 2. The van der Waals surface area contributed by atoms with E-state index in [1.165, 1.54) is 11.1 Å². The van der Waals surface area contributed by atoms with Crippen molar-refractivity contribution in [3.63, 3.8) is 0 Å². The lowest BCUT2D eigenvalue weighted by molar-refractivity contribution is 0.528. The molecule has 78 valence electrons. The molecule has 0 aliphatic rings. The molecule has 2 rings (SSSR count). The van der Waals surface area contributed by atoms with Crippen LogP contribution in [0.1, 0.15) is 17.0 Å². The molecule has 0 spiro atoms. The summed E-state index contributed by atoms with van der Waals surface area (Å²) in [5.74, 6) is 1.65. The number of halogens is 1. The SMILES string of the molecule is Cc1cc(C)cc(-c2cnc(CCl)o2)c1. The topological polar surface area (TPSA) is 26.0 Å². The second-order valence-corrected chi connectivity index (χ2v) is 3.90. The summed E-state index contributed by atoms with van der Waals surface area (Å²) in [5.41, 5.74) is 3.49. The maximum atomic E-state index is 5.63. The number of alkyl halides is 1. The molecule has 1 heterocycles. The Morgan fingerprint density at radius 2 is 1.87 bits per heavy atom. The Labute approximate surface area is 93.9 Å². The zero-order chi connectivity index (χ0) is 10.8. The third-order valence-electron chi connectivity index (χ3n) is 2.17. The lowest BCUT2D eigenvalue weighted by Gasteiger charge is -2.00. The Morgan fingerprint density at radius 3 is 2.40 bits per heavy atom. The Bertz CT molecular complexity index is 456. The maximum absolute atomic E-state index is 5.63. The molecular weight excluding hydrogens is 210 g/mol. The van der Waals surface area contributed by atoms with E-state index in [9.17, 15) is 0 Å².